The van der Waals surface area contributed by atoms with E-state index in [-0.39, 0.29) is 5.41 Å². The average Bonchev–Trinajstić information content (AvgIpc) is 3.90. The number of benzene rings is 10. The van der Waals surface area contributed by atoms with Gasteiger partial charge in [0.25, 0.3) is 0 Å². The predicted molar refractivity (Wildman–Crippen MR) is 307 cm³/mol. The van der Waals surface area contributed by atoms with Gasteiger partial charge in [0.2, 0.25) is 0 Å². The SMILES string of the molecule is CC(C)c1ccc(N(c2ccc(C#N)cc2)c2ccc3cc4c5cc(-c6ccc(C(C)(C)C)cc6)cc6c7cc8ccc(N(c9ccc(C(C)C)cc9)c9cccc(C#N)c9)cc8cc7n(c4cc3c2)c56)cc1. The number of aromatic nitrogens is 1. The lowest BCUT2D eigenvalue weighted by molar-refractivity contribution is 0.590. The number of nitrogens with zero attached hydrogens (tertiary/aromatic N) is 5. The van der Waals surface area contributed by atoms with Crippen LogP contribution in [0.5, 0.6) is 0 Å². The molecule has 352 valence electrons. The van der Waals surface area contributed by atoms with Gasteiger partial charge in [-0.15, -0.1) is 0 Å². The van der Waals surface area contributed by atoms with Crippen LogP contribution in [0.2, 0.25) is 0 Å². The lowest BCUT2D eigenvalue weighted by atomic mass is 9.86. The van der Waals surface area contributed by atoms with Crippen molar-refractivity contribution in [1.29, 1.82) is 10.5 Å². The second kappa shape index (κ2) is 17.4. The van der Waals surface area contributed by atoms with Gasteiger partial charge in [0.1, 0.15) is 0 Å². The molecule has 2 heterocycles. The van der Waals surface area contributed by atoms with Crippen LogP contribution in [0.25, 0.3) is 70.8 Å². The van der Waals surface area contributed by atoms with Crippen LogP contribution >= 0.6 is 0 Å². The zero-order chi connectivity index (χ0) is 50.3. The van der Waals surface area contributed by atoms with Crippen molar-refractivity contribution < 1.29 is 0 Å². The molecule has 5 nitrogen and oxygen atoms in total. The van der Waals surface area contributed by atoms with Crippen LogP contribution in [-0.2, 0) is 5.41 Å². The Hall–Kier alpha value is -8.90. The summed E-state index contributed by atoms with van der Waals surface area (Å²) in [5.74, 6) is 0.828. The summed E-state index contributed by atoms with van der Waals surface area (Å²) in [6, 6.07) is 75.1. The van der Waals surface area contributed by atoms with Crippen molar-refractivity contribution >= 4 is 93.8 Å². The highest BCUT2D eigenvalue weighted by Crippen LogP contribution is 2.46. The van der Waals surface area contributed by atoms with Crippen LogP contribution in [0.3, 0.4) is 0 Å². The molecule has 0 N–H and O–H groups in total. The molecule has 0 aliphatic heterocycles. The molecule has 10 aromatic carbocycles. The number of anilines is 6. The van der Waals surface area contributed by atoms with E-state index in [0.717, 1.165) is 66.7 Å². The molecule has 0 saturated carbocycles. The first-order valence-corrected chi connectivity index (χ1v) is 25.4. The molecule has 0 radical (unpaired) electrons. The maximum Gasteiger partial charge on any atom is 0.0992 e. The number of hydrogen-bond acceptors (Lipinski definition) is 4. The third kappa shape index (κ3) is 7.86. The minimum absolute atomic E-state index is 0.0539. The van der Waals surface area contributed by atoms with E-state index < -0.39 is 0 Å². The molecular weight excluding hydrogens is 887 g/mol. The van der Waals surface area contributed by atoms with E-state index in [0.29, 0.717) is 23.0 Å². The quantitative estimate of drug-likeness (QED) is 0.145. The highest BCUT2D eigenvalue weighted by molar-refractivity contribution is 6.27. The van der Waals surface area contributed by atoms with E-state index in [9.17, 15) is 10.5 Å². The topological polar surface area (TPSA) is 58.5 Å². The van der Waals surface area contributed by atoms with Crippen molar-refractivity contribution in [3.05, 3.63) is 222 Å². The monoisotopic (exact) mass is 941 g/mol. The van der Waals surface area contributed by atoms with Gasteiger partial charge in [-0.25, -0.2) is 0 Å². The smallest absolute Gasteiger partial charge is 0.0992 e. The van der Waals surface area contributed by atoms with Crippen LogP contribution in [0.15, 0.2) is 194 Å². The van der Waals surface area contributed by atoms with Gasteiger partial charge in [-0.3, -0.25) is 0 Å². The van der Waals surface area contributed by atoms with Crippen LogP contribution in [0.4, 0.5) is 34.1 Å². The third-order valence-electron chi connectivity index (χ3n) is 15.0. The maximum absolute atomic E-state index is 9.98. The van der Waals surface area contributed by atoms with Crippen molar-refractivity contribution in [3.8, 4) is 23.3 Å². The summed E-state index contributed by atoms with van der Waals surface area (Å²) in [6.45, 7) is 15.7. The Labute approximate surface area is 427 Å². The molecule has 0 amide bonds. The van der Waals surface area contributed by atoms with E-state index in [2.05, 4.69) is 226 Å². The minimum atomic E-state index is 0.0539. The van der Waals surface area contributed by atoms with E-state index in [1.807, 2.05) is 42.5 Å². The molecule has 0 atom stereocenters. The third-order valence-corrected chi connectivity index (χ3v) is 15.0. The van der Waals surface area contributed by atoms with E-state index in [1.165, 1.54) is 54.9 Å². The van der Waals surface area contributed by atoms with Crippen molar-refractivity contribution in [2.24, 2.45) is 0 Å². The van der Waals surface area contributed by atoms with Gasteiger partial charge in [0.05, 0.1) is 39.8 Å². The maximum atomic E-state index is 9.98. The fourth-order valence-electron chi connectivity index (χ4n) is 10.9. The van der Waals surface area contributed by atoms with Gasteiger partial charge in [0, 0.05) is 55.7 Å². The predicted octanol–water partition coefficient (Wildman–Crippen LogP) is 19.0. The second-order valence-corrected chi connectivity index (χ2v) is 21.4. The number of rotatable bonds is 9. The zero-order valence-electron chi connectivity index (χ0n) is 42.4. The summed E-state index contributed by atoms with van der Waals surface area (Å²) >= 11 is 0. The minimum Gasteiger partial charge on any atom is -0.310 e. The Bertz CT molecular complexity index is 4180. The molecule has 0 unspecified atom stereocenters. The van der Waals surface area contributed by atoms with E-state index >= 15 is 0 Å². The fraction of sp³-hybridized carbons (Fsp3) is 0.147. The number of hydrogen-bond donors (Lipinski definition) is 0. The molecule has 5 heteroatoms. The van der Waals surface area contributed by atoms with Crippen molar-refractivity contribution in [2.75, 3.05) is 9.80 Å². The van der Waals surface area contributed by atoms with E-state index in [1.54, 1.807) is 0 Å². The summed E-state index contributed by atoms with van der Waals surface area (Å²) < 4.78 is 2.50. The highest BCUT2D eigenvalue weighted by Gasteiger charge is 2.23. The van der Waals surface area contributed by atoms with Crippen molar-refractivity contribution in [1.82, 2.24) is 4.40 Å². The zero-order valence-corrected chi connectivity index (χ0v) is 42.4. The Morgan fingerprint density at radius 2 is 0.849 bits per heavy atom. The molecule has 0 bridgehead atoms. The first kappa shape index (κ1) is 45.3. The van der Waals surface area contributed by atoms with Gasteiger partial charge >= 0.3 is 0 Å². The lowest BCUT2D eigenvalue weighted by Gasteiger charge is -2.26. The van der Waals surface area contributed by atoms with Crippen LogP contribution in [0, 0.1) is 22.7 Å². The number of nitriles is 2. The first-order chi connectivity index (χ1) is 35.3. The van der Waals surface area contributed by atoms with E-state index in [4.69, 9.17) is 0 Å². The van der Waals surface area contributed by atoms with Gasteiger partial charge in [-0.1, -0.05) is 115 Å². The summed E-state index contributed by atoms with van der Waals surface area (Å²) in [7, 11) is 0. The Morgan fingerprint density at radius 3 is 1.32 bits per heavy atom. The molecule has 0 saturated heterocycles. The molecule has 12 rings (SSSR count). The van der Waals surface area contributed by atoms with Crippen molar-refractivity contribution in [2.45, 2.75) is 65.7 Å². The number of fused-ring (bicyclic) bond motifs is 8. The average molecular weight is 942 g/mol. The lowest BCUT2D eigenvalue weighted by Crippen LogP contribution is -2.10. The van der Waals surface area contributed by atoms with Crippen molar-refractivity contribution in [3.63, 3.8) is 0 Å². The molecular formula is C68H55N5. The van der Waals surface area contributed by atoms with Crippen LogP contribution < -0.4 is 9.80 Å². The molecule has 0 spiro atoms. The molecule has 0 fully saturated rings. The molecule has 2 aromatic heterocycles. The van der Waals surface area contributed by atoms with Gasteiger partial charge in [0.15, 0.2) is 0 Å². The summed E-state index contributed by atoms with van der Waals surface area (Å²) in [5.41, 5.74) is 17.2. The Balaban J connectivity index is 1.09. The first-order valence-electron chi connectivity index (χ1n) is 25.4. The summed E-state index contributed by atoms with van der Waals surface area (Å²) in [4.78, 5) is 4.55. The van der Waals surface area contributed by atoms with Crippen LogP contribution in [-0.4, -0.2) is 4.40 Å². The highest BCUT2D eigenvalue weighted by atomic mass is 15.1. The Kier molecular flexibility index (Phi) is 10.8. The largest absolute Gasteiger partial charge is 0.310 e. The van der Waals surface area contributed by atoms with Gasteiger partial charge in [-0.05, 0) is 194 Å². The Morgan fingerprint density at radius 1 is 0.397 bits per heavy atom. The van der Waals surface area contributed by atoms with Gasteiger partial charge in [-0.2, -0.15) is 10.5 Å². The standard InChI is InChI=1S/C68H55N5/c1-42(2)46-15-25-56(26-16-46)71(55-23-11-44(40-69)12-24-55)59-29-19-49-34-61-63-36-53(48-13-21-54(22-14-48)68(5,6)7)37-64-62-35-50-20-30-60(33-52(50)39-66(62)73(67(63)64)65(61)38-51(49)32-59)72(58-10-8-9-45(31-58)41-70)57-27-17-47(18-28-57)43(3)4/h8-39,42-43H,1-7H3. The molecule has 0 aliphatic carbocycles. The molecule has 12 aromatic rings. The van der Waals surface area contributed by atoms with Gasteiger partial charge < -0.3 is 14.2 Å². The fourth-order valence-corrected chi connectivity index (χ4v) is 10.9. The van der Waals surface area contributed by atoms with Crippen LogP contribution in [0.1, 0.15) is 88.1 Å². The summed E-state index contributed by atoms with van der Waals surface area (Å²) in [5, 5.41) is 29.1. The normalized spacial score (nSPS) is 12.0. The molecule has 0 aliphatic rings. The summed E-state index contributed by atoms with van der Waals surface area (Å²) in [6.07, 6.45) is 0. The molecule has 73 heavy (non-hydrogen) atoms. The second-order valence-electron chi connectivity index (χ2n) is 21.4.